The summed E-state index contributed by atoms with van der Waals surface area (Å²) in [5.74, 6) is 0.771. The van der Waals surface area contributed by atoms with E-state index in [9.17, 15) is 4.79 Å². The summed E-state index contributed by atoms with van der Waals surface area (Å²) in [7, 11) is 1.55. The summed E-state index contributed by atoms with van der Waals surface area (Å²) in [6.45, 7) is 8.90. The summed E-state index contributed by atoms with van der Waals surface area (Å²) in [5.41, 5.74) is 3.08. The molecule has 1 aromatic rings. The molecule has 24 heavy (non-hydrogen) atoms. The highest BCUT2D eigenvalue weighted by Gasteiger charge is 2.11. The molecule has 0 unspecified atom stereocenters. The van der Waals surface area contributed by atoms with Crippen molar-refractivity contribution in [3.63, 3.8) is 0 Å². The molecule has 0 aliphatic rings. The molecule has 0 radical (unpaired) electrons. The van der Waals surface area contributed by atoms with Crippen molar-refractivity contribution >= 4 is 5.97 Å². The molecule has 0 amide bonds. The van der Waals surface area contributed by atoms with Gasteiger partial charge in [-0.3, -0.25) is 0 Å². The number of hydrogen-bond acceptors (Lipinski definition) is 4. The average Bonchev–Trinajstić information content (AvgIpc) is 2.54. The van der Waals surface area contributed by atoms with Crippen LogP contribution < -0.4 is 9.47 Å². The molecule has 1 aromatic carbocycles. The largest absolute Gasteiger partial charge is 0.493 e. The van der Waals surface area contributed by atoms with Crippen molar-refractivity contribution in [3.8, 4) is 11.5 Å². The molecule has 0 aliphatic heterocycles. The van der Waals surface area contributed by atoms with E-state index in [-0.39, 0.29) is 5.97 Å². The number of allylic oxidation sites excluding steroid dienone is 3. The van der Waals surface area contributed by atoms with Crippen LogP contribution in [-0.4, -0.2) is 26.3 Å². The van der Waals surface area contributed by atoms with Crippen LogP contribution in [0.3, 0.4) is 0 Å². The third-order valence-corrected chi connectivity index (χ3v) is 3.44. The number of ether oxygens (including phenoxy) is 3. The van der Waals surface area contributed by atoms with Gasteiger partial charge in [0.1, 0.15) is 6.61 Å². The minimum atomic E-state index is -0.364. The first-order valence-electron chi connectivity index (χ1n) is 8.24. The maximum Gasteiger partial charge on any atom is 0.338 e. The molecular formula is C20H28O4. The van der Waals surface area contributed by atoms with Gasteiger partial charge in [0.05, 0.1) is 19.3 Å². The number of carbonyl (C=O) groups is 1. The third-order valence-electron chi connectivity index (χ3n) is 3.44. The monoisotopic (exact) mass is 332 g/mol. The van der Waals surface area contributed by atoms with E-state index in [2.05, 4.69) is 32.9 Å². The van der Waals surface area contributed by atoms with Gasteiger partial charge < -0.3 is 14.2 Å². The molecule has 0 aliphatic carbocycles. The predicted molar refractivity (Wildman–Crippen MR) is 96.9 cm³/mol. The van der Waals surface area contributed by atoms with Crippen molar-refractivity contribution in [2.75, 3.05) is 20.3 Å². The molecule has 4 nitrogen and oxygen atoms in total. The lowest BCUT2D eigenvalue weighted by atomic mass is 10.1. The van der Waals surface area contributed by atoms with Gasteiger partial charge in [0, 0.05) is 0 Å². The maximum atomic E-state index is 11.7. The lowest BCUT2D eigenvalue weighted by Crippen LogP contribution is -2.05. The molecule has 132 valence electrons. The van der Waals surface area contributed by atoms with Crippen molar-refractivity contribution in [2.24, 2.45) is 0 Å². The average molecular weight is 332 g/mol. The van der Waals surface area contributed by atoms with Gasteiger partial charge in [0.2, 0.25) is 0 Å². The van der Waals surface area contributed by atoms with E-state index >= 15 is 0 Å². The molecule has 0 saturated heterocycles. The third kappa shape index (κ3) is 6.90. The predicted octanol–water partition coefficient (Wildman–Crippen LogP) is 4.94. The van der Waals surface area contributed by atoms with E-state index in [1.165, 1.54) is 11.1 Å². The summed E-state index contributed by atoms with van der Waals surface area (Å²) in [4.78, 5) is 11.7. The first-order valence-corrected chi connectivity index (χ1v) is 8.24. The first kappa shape index (κ1) is 19.8. The van der Waals surface area contributed by atoms with Gasteiger partial charge in [-0.1, -0.05) is 17.2 Å². The van der Waals surface area contributed by atoms with E-state index < -0.39 is 0 Å². The second-order valence-corrected chi connectivity index (χ2v) is 5.77. The maximum absolute atomic E-state index is 11.7. The lowest BCUT2D eigenvalue weighted by molar-refractivity contribution is 0.0526. The lowest BCUT2D eigenvalue weighted by Gasteiger charge is -2.11. The van der Waals surface area contributed by atoms with Crippen LogP contribution in [0.2, 0.25) is 0 Å². The highest BCUT2D eigenvalue weighted by Crippen LogP contribution is 2.28. The van der Waals surface area contributed by atoms with Crippen LogP contribution in [0.15, 0.2) is 41.5 Å². The second kappa shape index (κ2) is 10.5. The van der Waals surface area contributed by atoms with Crippen LogP contribution >= 0.6 is 0 Å². The molecule has 1 rings (SSSR count). The SMILES string of the molecule is CCOC(=O)c1ccc(OC/C=C(\C)CCC=C(C)C)c(OC)c1. The molecule has 0 fully saturated rings. The Morgan fingerprint density at radius 1 is 1.12 bits per heavy atom. The van der Waals surface area contributed by atoms with Crippen molar-refractivity contribution in [1.82, 2.24) is 0 Å². The normalized spacial score (nSPS) is 11.0. The van der Waals surface area contributed by atoms with Crippen molar-refractivity contribution in [2.45, 2.75) is 40.5 Å². The van der Waals surface area contributed by atoms with Gasteiger partial charge in [-0.05, 0) is 64.8 Å². The van der Waals surface area contributed by atoms with Gasteiger partial charge in [0.25, 0.3) is 0 Å². The smallest absolute Gasteiger partial charge is 0.338 e. The molecule has 0 saturated carbocycles. The Hall–Kier alpha value is -2.23. The fourth-order valence-electron chi connectivity index (χ4n) is 2.09. The van der Waals surface area contributed by atoms with Gasteiger partial charge in [-0.2, -0.15) is 0 Å². The Morgan fingerprint density at radius 2 is 1.88 bits per heavy atom. The van der Waals surface area contributed by atoms with Crippen LogP contribution in [0.5, 0.6) is 11.5 Å². The Kier molecular flexibility index (Phi) is 8.69. The number of benzene rings is 1. The minimum Gasteiger partial charge on any atom is -0.493 e. The molecule has 0 bridgehead atoms. The van der Waals surface area contributed by atoms with Crippen LogP contribution in [0.4, 0.5) is 0 Å². The van der Waals surface area contributed by atoms with Crippen LogP contribution in [0.1, 0.15) is 50.9 Å². The highest BCUT2D eigenvalue weighted by molar-refractivity contribution is 5.90. The van der Waals surface area contributed by atoms with Gasteiger partial charge in [-0.25, -0.2) is 4.79 Å². The van der Waals surface area contributed by atoms with E-state index in [1.54, 1.807) is 32.2 Å². The topological polar surface area (TPSA) is 44.8 Å². The fraction of sp³-hybridized carbons (Fsp3) is 0.450. The highest BCUT2D eigenvalue weighted by atomic mass is 16.5. The zero-order valence-corrected chi connectivity index (χ0v) is 15.3. The Balaban J connectivity index is 2.64. The number of methoxy groups -OCH3 is 1. The number of rotatable bonds is 9. The van der Waals surface area contributed by atoms with E-state index in [4.69, 9.17) is 14.2 Å². The van der Waals surface area contributed by atoms with Crippen LogP contribution in [0.25, 0.3) is 0 Å². The molecule has 0 spiro atoms. The van der Waals surface area contributed by atoms with Crippen LogP contribution in [-0.2, 0) is 4.74 Å². The van der Waals surface area contributed by atoms with Crippen molar-refractivity contribution in [1.29, 1.82) is 0 Å². The number of carbonyl (C=O) groups excluding carboxylic acids is 1. The minimum absolute atomic E-state index is 0.343. The molecule has 0 N–H and O–H groups in total. The van der Waals surface area contributed by atoms with Gasteiger partial charge >= 0.3 is 5.97 Å². The quantitative estimate of drug-likeness (QED) is 0.474. The molecule has 0 heterocycles. The molecular weight excluding hydrogens is 304 g/mol. The summed E-state index contributed by atoms with van der Waals surface area (Å²) < 4.78 is 16.0. The molecule has 0 atom stereocenters. The van der Waals surface area contributed by atoms with E-state index in [0.29, 0.717) is 30.3 Å². The molecule has 0 aromatic heterocycles. The zero-order chi connectivity index (χ0) is 17.9. The first-order chi connectivity index (χ1) is 11.5. The van der Waals surface area contributed by atoms with E-state index in [0.717, 1.165) is 12.8 Å². The zero-order valence-electron chi connectivity index (χ0n) is 15.3. The standard InChI is InChI=1S/C20H28O4/c1-6-23-20(21)17-10-11-18(19(14-17)22-5)24-13-12-16(4)9-7-8-15(2)3/h8,10-12,14H,6-7,9,13H2,1-5H3/b16-12+. The van der Waals surface area contributed by atoms with Gasteiger partial charge in [0.15, 0.2) is 11.5 Å². The summed E-state index contributed by atoms with van der Waals surface area (Å²) in [6.07, 6.45) is 6.36. The number of hydrogen-bond donors (Lipinski definition) is 0. The summed E-state index contributed by atoms with van der Waals surface area (Å²) >= 11 is 0. The van der Waals surface area contributed by atoms with Crippen molar-refractivity contribution in [3.05, 3.63) is 47.1 Å². The fourth-order valence-corrected chi connectivity index (χ4v) is 2.09. The summed E-state index contributed by atoms with van der Waals surface area (Å²) in [5, 5.41) is 0. The van der Waals surface area contributed by atoms with Gasteiger partial charge in [-0.15, -0.1) is 0 Å². The van der Waals surface area contributed by atoms with Crippen molar-refractivity contribution < 1.29 is 19.0 Å². The Bertz CT molecular complexity index is 596. The Labute approximate surface area is 145 Å². The number of esters is 1. The van der Waals surface area contributed by atoms with E-state index in [1.807, 2.05) is 0 Å². The van der Waals surface area contributed by atoms with Crippen LogP contribution in [0, 0.1) is 0 Å². The molecule has 4 heteroatoms. The second-order valence-electron chi connectivity index (χ2n) is 5.77. The Morgan fingerprint density at radius 3 is 2.50 bits per heavy atom. The summed E-state index contributed by atoms with van der Waals surface area (Å²) in [6, 6.07) is 5.05.